The zero-order chi connectivity index (χ0) is 14.9. The second-order valence-corrected chi connectivity index (χ2v) is 5.56. The first kappa shape index (κ1) is 14.6. The third-order valence-electron chi connectivity index (χ3n) is 2.86. The van der Waals surface area contributed by atoms with Gasteiger partial charge in [0, 0.05) is 17.3 Å². The molecule has 1 aromatic heterocycles. The van der Waals surface area contributed by atoms with Gasteiger partial charge in [-0.25, -0.2) is 9.97 Å². The van der Waals surface area contributed by atoms with Crippen LogP contribution in [0, 0.1) is 0 Å². The van der Waals surface area contributed by atoms with E-state index in [0.717, 1.165) is 11.3 Å². The SMILES string of the molecule is COc1cc(-c2nc(N)cc(C(C)C)n2)cc(Br)c1O. The fourth-order valence-corrected chi connectivity index (χ4v) is 2.21. The van der Waals surface area contributed by atoms with Gasteiger partial charge < -0.3 is 15.6 Å². The molecule has 0 aliphatic carbocycles. The molecule has 0 bridgehead atoms. The van der Waals surface area contributed by atoms with E-state index in [4.69, 9.17) is 10.5 Å². The molecule has 0 unspecified atom stereocenters. The van der Waals surface area contributed by atoms with Crippen molar-refractivity contribution in [3.63, 3.8) is 0 Å². The summed E-state index contributed by atoms with van der Waals surface area (Å²) in [5, 5.41) is 9.83. The zero-order valence-corrected chi connectivity index (χ0v) is 13.1. The Hall–Kier alpha value is -1.82. The summed E-state index contributed by atoms with van der Waals surface area (Å²) < 4.78 is 5.65. The highest BCUT2D eigenvalue weighted by Gasteiger charge is 2.13. The number of nitrogens with zero attached hydrogens (tertiary/aromatic N) is 2. The molecule has 2 aromatic rings. The number of aromatic hydroxyl groups is 1. The number of nitrogen functional groups attached to an aromatic ring is 1. The molecule has 5 nitrogen and oxygen atoms in total. The fourth-order valence-electron chi connectivity index (χ4n) is 1.77. The van der Waals surface area contributed by atoms with Gasteiger partial charge in [0.15, 0.2) is 17.3 Å². The number of halogens is 1. The number of benzene rings is 1. The van der Waals surface area contributed by atoms with Crippen molar-refractivity contribution in [2.45, 2.75) is 19.8 Å². The highest BCUT2D eigenvalue weighted by molar-refractivity contribution is 9.10. The summed E-state index contributed by atoms with van der Waals surface area (Å²) in [6, 6.07) is 5.18. The van der Waals surface area contributed by atoms with Gasteiger partial charge >= 0.3 is 0 Å². The van der Waals surface area contributed by atoms with E-state index >= 15 is 0 Å². The Bertz CT molecular complexity index is 645. The number of phenols is 1. The van der Waals surface area contributed by atoms with Gasteiger partial charge in [-0.15, -0.1) is 0 Å². The van der Waals surface area contributed by atoms with E-state index in [1.807, 2.05) is 13.8 Å². The maximum absolute atomic E-state index is 9.83. The summed E-state index contributed by atoms with van der Waals surface area (Å²) in [6.45, 7) is 4.08. The molecule has 0 aliphatic heterocycles. The average molecular weight is 338 g/mol. The van der Waals surface area contributed by atoms with Crippen molar-refractivity contribution in [2.24, 2.45) is 0 Å². The van der Waals surface area contributed by atoms with Gasteiger partial charge in [-0.05, 0) is 34.0 Å². The number of hydrogen-bond acceptors (Lipinski definition) is 5. The monoisotopic (exact) mass is 337 g/mol. The van der Waals surface area contributed by atoms with Crippen molar-refractivity contribution in [1.82, 2.24) is 9.97 Å². The average Bonchev–Trinajstić information content (AvgIpc) is 2.40. The molecule has 6 heteroatoms. The van der Waals surface area contributed by atoms with Crippen molar-refractivity contribution in [3.8, 4) is 22.9 Å². The molecule has 0 saturated heterocycles. The molecule has 3 N–H and O–H groups in total. The molecule has 0 spiro atoms. The minimum Gasteiger partial charge on any atom is -0.503 e. The van der Waals surface area contributed by atoms with E-state index in [1.165, 1.54) is 7.11 Å². The molecular formula is C14H16BrN3O2. The number of rotatable bonds is 3. The summed E-state index contributed by atoms with van der Waals surface area (Å²) in [5.41, 5.74) is 7.42. The predicted molar refractivity (Wildman–Crippen MR) is 81.9 cm³/mol. The summed E-state index contributed by atoms with van der Waals surface area (Å²) in [4.78, 5) is 8.74. The van der Waals surface area contributed by atoms with Crippen molar-refractivity contribution >= 4 is 21.7 Å². The normalized spacial score (nSPS) is 10.8. The minimum absolute atomic E-state index is 0.0456. The molecule has 2 rings (SSSR count). The van der Waals surface area contributed by atoms with Crippen molar-refractivity contribution in [3.05, 3.63) is 28.4 Å². The Morgan fingerprint density at radius 1 is 1.25 bits per heavy atom. The van der Waals surface area contributed by atoms with Crippen molar-refractivity contribution < 1.29 is 9.84 Å². The number of aromatic nitrogens is 2. The first-order chi connectivity index (χ1) is 9.42. The predicted octanol–water partition coefficient (Wildman–Crippen LogP) is 3.33. The Labute approximate surface area is 126 Å². The third-order valence-corrected chi connectivity index (χ3v) is 3.47. The Balaban J connectivity index is 2.59. The molecule has 0 saturated carbocycles. The maximum Gasteiger partial charge on any atom is 0.172 e. The lowest BCUT2D eigenvalue weighted by molar-refractivity contribution is 0.372. The van der Waals surface area contributed by atoms with Crippen molar-refractivity contribution in [1.29, 1.82) is 0 Å². The van der Waals surface area contributed by atoms with Crippen LogP contribution in [0.25, 0.3) is 11.4 Å². The third kappa shape index (κ3) is 2.85. The second kappa shape index (κ2) is 5.66. The summed E-state index contributed by atoms with van der Waals surface area (Å²) >= 11 is 3.28. The molecule has 1 aromatic carbocycles. The van der Waals surface area contributed by atoms with E-state index < -0.39 is 0 Å². The smallest absolute Gasteiger partial charge is 0.172 e. The zero-order valence-electron chi connectivity index (χ0n) is 11.5. The van der Waals surface area contributed by atoms with Gasteiger partial charge in [0.2, 0.25) is 0 Å². The number of anilines is 1. The number of phenolic OH excluding ortho intramolecular Hbond substituents is 1. The van der Waals surface area contributed by atoms with Crippen LogP contribution in [0.3, 0.4) is 0 Å². The Morgan fingerprint density at radius 3 is 2.55 bits per heavy atom. The largest absolute Gasteiger partial charge is 0.503 e. The summed E-state index contributed by atoms with van der Waals surface area (Å²) in [6.07, 6.45) is 0. The molecule has 106 valence electrons. The van der Waals surface area contributed by atoms with Gasteiger partial charge in [0.05, 0.1) is 11.6 Å². The Kier molecular flexibility index (Phi) is 4.13. The van der Waals surface area contributed by atoms with Gasteiger partial charge in [-0.2, -0.15) is 0 Å². The Morgan fingerprint density at radius 2 is 1.95 bits per heavy atom. The van der Waals surface area contributed by atoms with Crippen LogP contribution in [0.15, 0.2) is 22.7 Å². The van der Waals surface area contributed by atoms with Crippen LogP contribution < -0.4 is 10.5 Å². The number of nitrogens with two attached hydrogens (primary N) is 1. The minimum atomic E-state index is 0.0456. The highest BCUT2D eigenvalue weighted by Crippen LogP contribution is 2.38. The lowest BCUT2D eigenvalue weighted by atomic mass is 10.1. The van der Waals surface area contributed by atoms with E-state index in [1.54, 1.807) is 18.2 Å². The lowest BCUT2D eigenvalue weighted by Crippen LogP contribution is -2.02. The fraction of sp³-hybridized carbons (Fsp3) is 0.286. The molecule has 0 atom stereocenters. The molecule has 0 fully saturated rings. The molecule has 0 radical (unpaired) electrons. The lowest BCUT2D eigenvalue weighted by Gasteiger charge is -2.11. The van der Waals surface area contributed by atoms with Crippen LogP contribution in [-0.2, 0) is 0 Å². The van der Waals surface area contributed by atoms with Crippen LogP contribution in [0.4, 0.5) is 5.82 Å². The topological polar surface area (TPSA) is 81.3 Å². The van der Waals surface area contributed by atoms with Gasteiger partial charge in [0.25, 0.3) is 0 Å². The molecule has 0 aliphatic rings. The number of hydrogen-bond donors (Lipinski definition) is 2. The van der Waals surface area contributed by atoms with E-state index in [0.29, 0.717) is 21.9 Å². The molecule has 20 heavy (non-hydrogen) atoms. The van der Waals surface area contributed by atoms with Crippen LogP contribution in [-0.4, -0.2) is 22.2 Å². The maximum atomic E-state index is 9.83. The highest BCUT2D eigenvalue weighted by atomic mass is 79.9. The van der Waals surface area contributed by atoms with Crippen LogP contribution in [0.1, 0.15) is 25.5 Å². The summed E-state index contributed by atoms with van der Waals surface area (Å²) in [5.74, 6) is 1.58. The van der Waals surface area contributed by atoms with Crippen molar-refractivity contribution in [2.75, 3.05) is 12.8 Å². The second-order valence-electron chi connectivity index (χ2n) is 4.70. The quantitative estimate of drug-likeness (QED) is 0.897. The standard InChI is InChI=1S/C14H16BrN3O2/c1-7(2)10-6-12(16)18-14(17-10)8-4-9(15)13(19)11(5-8)20-3/h4-7,19H,1-3H3,(H2,16,17,18). The molecule has 1 heterocycles. The van der Waals surface area contributed by atoms with Gasteiger partial charge in [-0.1, -0.05) is 13.8 Å². The number of ether oxygens (including phenoxy) is 1. The first-order valence-corrected chi connectivity index (χ1v) is 6.93. The first-order valence-electron chi connectivity index (χ1n) is 6.13. The van der Waals surface area contributed by atoms with E-state index in [9.17, 15) is 5.11 Å². The molecular weight excluding hydrogens is 322 g/mol. The summed E-state index contributed by atoms with van der Waals surface area (Å²) in [7, 11) is 1.49. The van der Waals surface area contributed by atoms with E-state index in [-0.39, 0.29) is 11.7 Å². The van der Waals surface area contributed by atoms with Gasteiger partial charge in [0.1, 0.15) is 5.82 Å². The van der Waals surface area contributed by atoms with Crippen LogP contribution in [0.2, 0.25) is 0 Å². The number of methoxy groups -OCH3 is 1. The van der Waals surface area contributed by atoms with Crippen LogP contribution in [0.5, 0.6) is 11.5 Å². The van der Waals surface area contributed by atoms with Gasteiger partial charge in [-0.3, -0.25) is 0 Å². The van der Waals surface area contributed by atoms with Crippen LogP contribution >= 0.6 is 15.9 Å². The molecule has 0 amide bonds. The van der Waals surface area contributed by atoms with E-state index in [2.05, 4.69) is 25.9 Å².